The van der Waals surface area contributed by atoms with Crippen molar-refractivity contribution in [2.75, 3.05) is 124 Å². The Morgan fingerprint density at radius 1 is 0.741 bits per heavy atom. The molecule has 58 heavy (non-hydrogen) atoms. The van der Waals surface area contributed by atoms with E-state index in [1.165, 1.54) is 11.9 Å². The van der Waals surface area contributed by atoms with Gasteiger partial charge in [-0.25, -0.2) is 14.6 Å². The molecule has 0 fully saturated rings. The highest BCUT2D eigenvalue weighted by atomic mass is 16.6. The van der Waals surface area contributed by atoms with Gasteiger partial charge < -0.3 is 58.7 Å². The number of fused-ring (bicyclic) bond motifs is 3. The number of methoxy groups -OCH3 is 1. The first-order valence-corrected chi connectivity index (χ1v) is 19.5. The van der Waals surface area contributed by atoms with Crippen LogP contribution >= 0.6 is 0 Å². The Hall–Kier alpha value is -4.79. The maximum Gasteiger partial charge on any atom is 0.292 e. The van der Waals surface area contributed by atoms with Crippen molar-refractivity contribution in [1.82, 2.24) is 29.6 Å². The Kier molecular flexibility index (Phi) is 17.0. The van der Waals surface area contributed by atoms with Crippen LogP contribution in [0.2, 0.25) is 0 Å². The smallest absolute Gasteiger partial charge is 0.292 e. The van der Waals surface area contributed by atoms with E-state index in [4.69, 9.17) is 58.9 Å². The largest absolute Gasteiger partial charge is 0.424 e. The van der Waals surface area contributed by atoms with Crippen molar-refractivity contribution in [3.63, 3.8) is 0 Å². The number of hydrogen-bond donors (Lipinski definition) is 2. The number of carbonyl (C=O) groups excluding carboxylic acids is 1. The Bertz CT molecular complexity index is 2020. The van der Waals surface area contributed by atoms with E-state index in [-0.39, 0.29) is 11.9 Å². The van der Waals surface area contributed by atoms with Crippen LogP contribution in [-0.2, 0) is 62.2 Å². The summed E-state index contributed by atoms with van der Waals surface area (Å²) in [5.74, 6) is 0.412. The van der Waals surface area contributed by atoms with Gasteiger partial charge in [-0.15, -0.1) is 0 Å². The molecule has 0 unspecified atom stereocenters. The summed E-state index contributed by atoms with van der Waals surface area (Å²) in [7, 11) is 1.64. The van der Waals surface area contributed by atoms with Gasteiger partial charge in [0.1, 0.15) is 23.4 Å². The SMILES string of the molecule is COCCOCCOCCOCCOCCOCCOCCOCCC(=O)N1CCc2cc(Cn3nc(-c4ccc5oc(N)nc5c4)c4c(N)ncnc43)ccc2C1. The number of carbonyl (C=O) groups is 1. The topological polar surface area (TPSA) is 216 Å². The highest BCUT2D eigenvalue weighted by molar-refractivity contribution is 5.99. The third-order valence-electron chi connectivity index (χ3n) is 9.33. The number of nitrogen functional groups attached to an aromatic ring is 2. The second-order valence-corrected chi connectivity index (χ2v) is 13.4. The van der Waals surface area contributed by atoms with Crippen LogP contribution in [0.5, 0.6) is 0 Å². The maximum absolute atomic E-state index is 13.0. The Labute approximate surface area is 337 Å². The second kappa shape index (κ2) is 23.0. The van der Waals surface area contributed by atoms with Crippen LogP contribution in [0.4, 0.5) is 11.8 Å². The zero-order chi connectivity index (χ0) is 40.4. The van der Waals surface area contributed by atoms with E-state index < -0.39 is 0 Å². The van der Waals surface area contributed by atoms with Crippen LogP contribution in [0.15, 0.2) is 47.1 Å². The zero-order valence-electron chi connectivity index (χ0n) is 33.1. The molecule has 0 atom stereocenters. The van der Waals surface area contributed by atoms with Crippen molar-refractivity contribution in [2.24, 2.45) is 0 Å². The average molecular weight is 807 g/mol. The first-order chi connectivity index (χ1) is 28.5. The highest BCUT2D eigenvalue weighted by Crippen LogP contribution is 2.33. The standard InChI is InChI=1S/C40H54N8O10/c1-50-10-11-52-14-15-54-18-19-56-22-23-57-21-20-55-17-16-53-13-12-51-9-7-35(49)47-8-6-30-24-29(2-3-32(30)27-47)26-48-39-36(38(41)43-28-44-39)37(46-48)31-4-5-34-33(25-31)45-40(42)58-34/h2-5,24-25,28H,6-23,26-27H2,1H3,(H2,42,45)(H2,41,43,44). The summed E-state index contributed by atoms with van der Waals surface area (Å²) in [5.41, 5.74) is 18.8. The third kappa shape index (κ3) is 12.6. The monoisotopic (exact) mass is 806 g/mol. The molecule has 18 nitrogen and oxygen atoms in total. The summed E-state index contributed by atoms with van der Waals surface area (Å²) in [5, 5.41) is 5.59. The van der Waals surface area contributed by atoms with Gasteiger partial charge in [0.15, 0.2) is 11.2 Å². The normalized spacial score (nSPS) is 12.9. The molecule has 314 valence electrons. The number of benzene rings is 2. The van der Waals surface area contributed by atoms with E-state index in [9.17, 15) is 4.79 Å². The lowest BCUT2D eigenvalue weighted by Gasteiger charge is -2.29. The van der Waals surface area contributed by atoms with Gasteiger partial charge in [-0.05, 0) is 41.3 Å². The molecule has 4 N–H and O–H groups in total. The van der Waals surface area contributed by atoms with E-state index in [2.05, 4.69) is 33.2 Å². The molecule has 1 amide bonds. The molecular formula is C40H54N8O10. The Morgan fingerprint density at radius 2 is 1.36 bits per heavy atom. The van der Waals surface area contributed by atoms with Gasteiger partial charge in [-0.2, -0.15) is 10.1 Å². The molecule has 0 spiro atoms. The van der Waals surface area contributed by atoms with Crippen LogP contribution in [-0.4, -0.2) is 148 Å². The lowest BCUT2D eigenvalue weighted by atomic mass is 9.97. The Balaban J connectivity index is 0.815. The lowest BCUT2D eigenvalue weighted by molar-refractivity contribution is -0.133. The molecule has 0 saturated carbocycles. The first-order valence-electron chi connectivity index (χ1n) is 19.5. The summed E-state index contributed by atoms with van der Waals surface area (Å²) >= 11 is 0. The fourth-order valence-corrected chi connectivity index (χ4v) is 6.41. The number of nitrogens with two attached hydrogens (primary N) is 2. The van der Waals surface area contributed by atoms with Gasteiger partial charge >= 0.3 is 0 Å². The summed E-state index contributed by atoms with van der Waals surface area (Å²) in [6.07, 6.45) is 2.52. The van der Waals surface area contributed by atoms with Crippen LogP contribution < -0.4 is 11.5 Å². The number of oxazole rings is 1. The van der Waals surface area contributed by atoms with Crippen molar-refractivity contribution in [1.29, 1.82) is 0 Å². The summed E-state index contributed by atoms with van der Waals surface area (Å²) in [4.78, 5) is 27.9. The minimum atomic E-state index is 0.0710. The Morgan fingerprint density at radius 3 is 2.00 bits per heavy atom. The number of nitrogens with zero attached hydrogens (tertiary/aromatic N) is 6. The lowest BCUT2D eigenvalue weighted by Crippen LogP contribution is -2.36. The van der Waals surface area contributed by atoms with Crippen molar-refractivity contribution in [3.8, 4) is 11.3 Å². The van der Waals surface area contributed by atoms with E-state index in [0.29, 0.717) is 159 Å². The van der Waals surface area contributed by atoms with Gasteiger partial charge in [0.2, 0.25) is 5.91 Å². The molecule has 0 bridgehead atoms. The summed E-state index contributed by atoms with van der Waals surface area (Å²) in [6.45, 7) is 9.01. The molecule has 18 heteroatoms. The fourth-order valence-electron chi connectivity index (χ4n) is 6.41. The highest BCUT2D eigenvalue weighted by Gasteiger charge is 2.22. The minimum Gasteiger partial charge on any atom is -0.424 e. The first kappa shape index (κ1) is 42.8. The number of anilines is 2. The fraction of sp³-hybridized carbons (Fsp3) is 0.525. The molecule has 2 aromatic carbocycles. The molecule has 0 radical (unpaired) electrons. The van der Waals surface area contributed by atoms with Crippen LogP contribution in [0, 0.1) is 0 Å². The quantitative estimate of drug-likeness (QED) is 0.0730. The number of hydrogen-bond acceptors (Lipinski definition) is 16. The van der Waals surface area contributed by atoms with Gasteiger partial charge in [0, 0.05) is 25.8 Å². The predicted molar refractivity (Wildman–Crippen MR) is 214 cm³/mol. The molecule has 5 aromatic rings. The summed E-state index contributed by atoms with van der Waals surface area (Å²) in [6, 6.07) is 12.0. The maximum atomic E-state index is 13.0. The molecule has 6 rings (SSSR count). The molecule has 0 saturated heterocycles. The zero-order valence-corrected chi connectivity index (χ0v) is 33.1. The minimum absolute atomic E-state index is 0.0710. The average Bonchev–Trinajstić information content (AvgIpc) is 3.80. The molecular weight excluding hydrogens is 752 g/mol. The van der Waals surface area contributed by atoms with Gasteiger partial charge in [-0.1, -0.05) is 18.2 Å². The second-order valence-electron chi connectivity index (χ2n) is 13.4. The number of ether oxygens (including phenoxy) is 8. The van der Waals surface area contributed by atoms with Crippen molar-refractivity contribution in [3.05, 3.63) is 59.4 Å². The van der Waals surface area contributed by atoms with Gasteiger partial charge in [0.05, 0.1) is 117 Å². The van der Waals surface area contributed by atoms with Crippen LogP contribution in [0.25, 0.3) is 33.4 Å². The van der Waals surface area contributed by atoms with E-state index in [1.54, 1.807) is 7.11 Å². The van der Waals surface area contributed by atoms with Crippen LogP contribution in [0.3, 0.4) is 0 Å². The van der Waals surface area contributed by atoms with Gasteiger partial charge in [0.25, 0.3) is 6.01 Å². The third-order valence-corrected chi connectivity index (χ3v) is 9.33. The molecule has 1 aliphatic heterocycles. The predicted octanol–water partition coefficient (Wildman–Crippen LogP) is 2.88. The van der Waals surface area contributed by atoms with E-state index in [0.717, 1.165) is 23.1 Å². The molecule has 1 aliphatic rings. The summed E-state index contributed by atoms with van der Waals surface area (Å²) < 4.78 is 50.6. The number of aromatic nitrogens is 5. The van der Waals surface area contributed by atoms with Gasteiger partial charge in [-0.3, -0.25) is 4.79 Å². The van der Waals surface area contributed by atoms with Crippen molar-refractivity contribution >= 4 is 39.9 Å². The van der Waals surface area contributed by atoms with Crippen molar-refractivity contribution < 1.29 is 47.1 Å². The van der Waals surface area contributed by atoms with Crippen molar-refractivity contribution in [2.45, 2.75) is 25.9 Å². The molecule has 4 heterocycles. The number of rotatable bonds is 27. The van der Waals surface area contributed by atoms with E-state index >= 15 is 0 Å². The number of amides is 1. The van der Waals surface area contributed by atoms with Crippen LogP contribution in [0.1, 0.15) is 23.1 Å². The molecule has 3 aromatic heterocycles. The van der Waals surface area contributed by atoms with E-state index in [1.807, 2.05) is 27.8 Å². The molecule has 0 aliphatic carbocycles.